The van der Waals surface area contributed by atoms with Crippen molar-refractivity contribution >= 4 is 11.8 Å². The minimum Gasteiger partial charge on any atom is -0.459 e. The minimum atomic E-state index is -0.397. The number of ether oxygens (including phenoxy) is 1. The molecule has 2 saturated heterocycles. The van der Waals surface area contributed by atoms with E-state index in [2.05, 4.69) is 5.32 Å². The Balaban J connectivity index is 1.52. The Kier molecular flexibility index (Phi) is 4.21. The number of carbonyl (C=O) groups excluding carboxylic acids is 2. The van der Waals surface area contributed by atoms with Crippen LogP contribution < -0.4 is 5.32 Å². The fourth-order valence-corrected chi connectivity index (χ4v) is 2.61. The van der Waals surface area contributed by atoms with Crippen LogP contribution in [0.1, 0.15) is 10.6 Å². The smallest absolute Gasteiger partial charge is 0.289 e. The van der Waals surface area contributed by atoms with Gasteiger partial charge in [-0.2, -0.15) is 0 Å². The first kappa shape index (κ1) is 14.1. The lowest BCUT2D eigenvalue weighted by Crippen LogP contribution is -2.55. The van der Waals surface area contributed by atoms with Crippen LogP contribution in [0.5, 0.6) is 0 Å². The van der Waals surface area contributed by atoms with Crippen molar-refractivity contribution in [3.8, 4) is 0 Å². The normalized spacial score (nSPS) is 23.1. The van der Waals surface area contributed by atoms with E-state index in [1.807, 2.05) is 0 Å². The molecule has 3 heterocycles. The van der Waals surface area contributed by atoms with Crippen molar-refractivity contribution in [3.05, 3.63) is 24.2 Å². The van der Waals surface area contributed by atoms with E-state index in [1.54, 1.807) is 21.9 Å². The van der Waals surface area contributed by atoms with E-state index < -0.39 is 6.10 Å². The molecule has 0 aliphatic carbocycles. The van der Waals surface area contributed by atoms with E-state index in [9.17, 15) is 9.59 Å². The van der Waals surface area contributed by atoms with Gasteiger partial charge in [0.15, 0.2) is 5.76 Å². The summed E-state index contributed by atoms with van der Waals surface area (Å²) in [5, 5.41) is 3.15. The van der Waals surface area contributed by atoms with Gasteiger partial charge in [-0.25, -0.2) is 0 Å². The topological polar surface area (TPSA) is 75.0 Å². The highest BCUT2D eigenvalue weighted by Gasteiger charge is 2.31. The molecule has 0 aromatic carbocycles. The van der Waals surface area contributed by atoms with Crippen molar-refractivity contribution in [1.29, 1.82) is 0 Å². The summed E-state index contributed by atoms with van der Waals surface area (Å²) >= 11 is 0. The van der Waals surface area contributed by atoms with Crippen LogP contribution >= 0.6 is 0 Å². The van der Waals surface area contributed by atoms with Crippen LogP contribution in [0, 0.1) is 0 Å². The number of amides is 2. The van der Waals surface area contributed by atoms with E-state index >= 15 is 0 Å². The second-order valence-electron chi connectivity index (χ2n) is 5.16. The molecule has 1 aromatic heterocycles. The number of rotatable bonds is 2. The molecule has 7 heteroatoms. The minimum absolute atomic E-state index is 0.00676. The SMILES string of the molecule is O=C(c1ccco1)N1CCN(C(=O)C2CNCCO2)CC1. The molecule has 0 spiro atoms. The summed E-state index contributed by atoms with van der Waals surface area (Å²) in [6.07, 6.45) is 1.09. The number of morpholine rings is 1. The lowest BCUT2D eigenvalue weighted by Gasteiger charge is -2.36. The van der Waals surface area contributed by atoms with E-state index in [0.29, 0.717) is 45.1 Å². The Morgan fingerprint density at radius 2 is 1.95 bits per heavy atom. The zero-order valence-corrected chi connectivity index (χ0v) is 11.8. The van der Waals surface area contributed by atoms with Crippen LogP contribution in [0.2, 0.25) is 0 Å². The molecule has 7 nitrogen and oxygen atoms in total. The number of hydrogen-bond acceptors (Lipinski definition) is 5. The van der Waals surface area contributed by atoms with Crippen LogP contribution in [0.3, 0.4) is 0 Å². The maximum absolute atomic E-state index is 12.3. The average molecular weight is 293 g/mol. The summed E-state index contributed by atoms with van der Waals surface area (Å²) < 4.78 is 10.6. The van der Waals surface area contributed by atoms with E-state index in [1.165, 1.54) is 6.26 Å². The zero-order chi connectivity index (χ0) is 14.7. The van der Waals surface area contributed by atoms with Crippen LogP contribution in [0.15, 0.2) is 22.8 Å². The van der Waals surface area contributed by atoms with E-state index in [0.717, 1.165) is 6.54 Å². The summed E-state index contributed by atoms with van der Waals surface area (Å²) in [6.45, 7) is 4.01. The Bertz CT molecular complexity index is 488. The Labute approximate surface area is 122 Å². The summed E-state index contributed by atoms with van der Waals surface area (Å²) in [5.41, 5.74) is 0. The predicted octanol–water partition coefficient (Wildman–Crippen LogP) is -0.448. The van der Waals surface area contributed by atoms with E-state index in [-0.39, 0.29) is 11.8 Å². The lowest BCUT2D eigenvalue weighted by atomic mass is 10.2. The molecule has 2 fully saturated rings. The van der Waals surface area contributed by atoms with Crippen molar-refractivity contribution in [2.24, 2.45) is 0 Å². The van der Waals surface area contributed by atoms with Gasteiger partial charge >= 0.3 is 0 Å². The second-order valence-corrected chi connectivity index (χ2v) is 5.16. The van der Waals surface area contributed by atoms with Crippen molar-refractivity contribution in [3.63, 3.8) is 0 Å². The van der Waals surface area contributed by atoms with Crippen LogP contribution in [0.25, 0.3) is 0 Å². The molecule has 0 radical (unpaired) electrons. The number of nitrogens with zero attached hydrogens (tertiary/aromatic N) is 2. The summed E-state index contributed by atoms with van der Waals surface area (Å²) in [6, 6.07) is 3.35. The standard InChI is InChI=1S/C14H19N3O4/c18-13(11-2-1-8-20-11)16-4-6-17(7-5-16)14(19)12-10-15-3-9-21-12/h1-2,8,12,15H,3-7,9-10H2. The molecule has 1 unspecified atom stereocenters. The van der Waals surface area contributed by atoms with Gasteiger partial charge in [0, 0.05) is 39.3 Å². The van der Waals surface area contributed by atoms with Gasteiger partial charge in [-0.05, 0) is 12.1 Å². The molecule has 21 heavy (non-hydrogen) atoms. The summed E-state index contributed by atoms with van der Waals surface area (Å²) in [7, 11) is 0. The third-order valence-electron chi connectivity index (χ3n) is 3.81. The summed E-state index contributed by atoms with van der Waals surface area (Å²) in [5.74, 6) is 0.226. The van der Waals surface area contributed by atoms with Crippen LogP contribution in [-0.2, 0) is 9.53 Å². The molecule has 2 amide bonds. The number of carbonyl (C=O) groups is 2. The molecule has 0 saturated carbocycles. The molecule has 1 aromatic rings. The number of piperazine rings is 1. The average Bonchev–Trinajstić information content (AvgIpc) is 3.09. The van der Waals surface area contributed by atoms with Crippen LogP contribution in [0.4, 0.5) is 0 Å². The van der Waals surface area contributed by atoms with Gasteiger partial charge in [0.1, 0.15) is 6.10 Å². The lowest BCUT2D eigenvalue weighted by molar-refractivity contribution is -0.146. The molecule has 114 valence electrons. The molecule has 2 aliphatic rings. The van der Waals surface area contributed by atoms with Gasteiger partial charge < -0.3 is 24.3 Å². The van der Waals surface area contributed by atoms with Gasteiger partial charge in [-0.3, -0.25) is 9.59 Å². The fraction of sp³-hybridized carbons (Fsp3) is 0.571. The first-order valence-corrected chi connectivity index (χ1v) is 7.19. The fourth-order valence-electron chi connectivity index (χ4n) is 2.61. The maximum Gasteiger partial charge on any atom is 0.289 e. The largest absolute Gasteiger partial charge is 0.459 e. The highest BCUT2D eigenvalue weighted by atomic mass is 16.5. The Morgan fingerprint density at radius 1 is 1.19 bits per heavy atom. The predicted molar refractivity (Wildman–Crippen MR) is 73.8 cm³/mol. The highest BCUT2D eigenvalue weighted by Crippen LogP contribution is 2.11. The number of nitrogens with one attached hydrogen (secondary N) is 1. The molecule has 1 N–H and O–H groups in total. The molecule has 1 atom stereocenters. The van der Waals surface area contributed by atoms with Gasteiger partial charge in [0.2, 0.25) is 0 Å². The Morgan fingerprint density at radius 3 is 2.57 bits per heavy atom. The van der Waals surface area contributed by atoms with Crippen molar-refractivity contribution in [2.75, 3.05) is 45.9 Å². The highest BCUT2D eigenvalue weighted by molar-refractivity contribution is 5.91. The second kappa shape index (κ2) is 6.28. The van der Waals surface area contributed by atoms with Gasteiger partial charge in [-0.15, -0.1) is 0 Å². The monoisotopic (exact) mass is 293 g/mol. The third-order valence-corrected chi connectivity index (χ3v) is 3.81. The van der Waals surface area contributed by atoms with Crippen molar-refractivity contribution < 1.29 is 18.7 Å². The van der Waals surface area contributed by atoms with E-state index in [4.69, 9.17) is 9.15 Å². The van der Waals surface area contributed by atoms with Gasteiger partial charge in [0.05, 0.1) is 12.9 Å². The molecule has 3 rings (SSSR count). The number of furan rings is 1. The quantitative estimate of drug-likeness (QED) is 0.799. The molecular weight excluding hydrogens is 274 g/mol. The first-order valence-electron chi connectivity index (χ1n) is 7.19. The van der Waals surface area contributed by atoms with Gasteiger partial charge in [-0.1, -0.05) is 0 Å². The molecular formula is C14H19N3O4. The molecule has 2 aliphatic heterocycles. The van der Waals surface area contributed by atoms with Gasteiger partial charge in [0.25, 0.3) is 11.8 Å². The summed E-state index contributed by atoms with van der Waals surface area (Å²) in [4.78, 5) is 27.9. The Hall–Kier alpha value is -1.86. The maximum atomic E-state index is 12.3. The first-order chi connectivity index (χ1) is 10.3. The zero-order valence-electron chi connectivity index (χ0n) is 11.8. The van der Waals surface area contributed by atoms with Crippen molar-refractivity contribution in [1.82, 2.24) is 15.1 Å². The molecule has 0 bridgehead atoms. The number of hydrogen-bond donors (Lipinski definition) is 1. The third kappa shape index (κ3) is 3.08. The van der Waals surface area contributed by atoms with Crippen molar-refractivity contribution in [2.45, 2.75) is 6.10 Å². The van der Waals surface area contributed by atoms with Crippen LogP contribution in [-0.4, -0.2) is 73.6 Å².